The Bertz CT molecular complexity index is 528. The molecule has 5 heteroatoms. The van der Waals surface area contributed by atoms with Gasteiger partial charge in [0.2, 0.25) is 10.0 Å². The number of hydrogen-bond acceptors (Lipinski definition) is 3. The predicted molar refractivity (Wildman–Crippen MR) is 77.3 cm³/mol. The first-order valence-corrected chi connectivity index (χ1v) is 8.27. The molecule has 1 atom stereocenters. The fourth-order valence-electron chi connectivity index (χ4n) is 2.90. The molecule has 2 rings (SSSR count). The number of hydrogen-bond donors (Lipinski definition) is 2. The highest BCUT2D eigenvalue weighted by Crippen LogP contribution is 2.29. The molecule has 0 bridgehead atoms. The molecule has 0 saturated heterocycles. The lowest BCUT2D eigenvalue weighted by Crippen LogP contribution is -2.37. The fraction of sp³-hybridized carbons (Fsp3) is 0.571. The summed E-state index contributed by atoms with van der Waals surface area (Å²) in [5.74, 6) is 0.444. The highest BCUT2D eigenvalue weighted by atomic mass is 32.2. The number of nitrogen functional groups attached to an aromatic ring is 1. The van der Waals surface area contributed by atoms with E-state index in [0.717, 1.165) is 12.8 Å². The number of nitrogens with two attached hydrogens (primary N) is 1. The molecule has 3 N–H and O–H groups in total. The Kier molecular flexibility index (Phi) is 4.16. The average Bonchev–Trinajstić information content (AvgIpc) is 2.80. The van der Waals surface area contributed by atoms with Gasteiger partial charge < -0.3 is 5.73 Å². The lowest BCUT2D eigenvalue weighted by Gasteiger charge is -2.21. The summed E-state index contributed by atoms with van der Waals surface area (Å²) < 4.78 is 27.7. The van der Waals surface area contributed by atoms with Gasteiger partial charge in [-0.2, -0.15) is 0 Å². The van der Waals surface area contributed by atoms with Gasteiger partial charge in [0.1, 0.15) is 4.90 Å². The largest absolute Gasteiger partial charge is 0.398 e. The average molecular weight is 282 g/mol. The quantitative estimate of drug-likeness (QED) is 0.833. The Labute approximate surface area is 115 Å². The second-order valence-corrected chi connectivity index (χ2v) is 7.10. The van der Waals surface area contributed by atoms with E-state index in [0.29, 0.717) is 17.2 Å². The lowest BCUT2D eigenvalue weighted by atomic mass is 10.0. The minimum absolute atomic E-state index is 0.0356. The van der Waals surface area contributed by atoms with Crippen molar-refractivity contribution in [3.05, 3.63) is 23.8 Å². The fourth-order valence-corrected chi connectivity index (χ4v) is 4.57. The van der Waals surface area contributed by atoms with Crippen molar-refractivity contribution in [2.75, 3.05) is 5.73 Å². The van der Waals surface area contributed by atoms with E-state index < -0.39 is 10.0 Å². The molecular weight excluding hydrogens is 260 g/mol. The Morgan fingerprint density at radius 3 is 2.53 bits per heavy atom. The molecule has 1 aromatic rings. The molecule has 1 aliphatic rings. The van der Waals surface area contributed by atoms with Crippen molar-refractivity contribution in [2.24, 2.45) is 5.92 Å². The van der Waals surface area contributed by atoms with Crippen LogP contribution in [-0.2, 0) is 10.0 Å². The predicted octanol–water partition coefficient (Wildman–Crippen LogP) is 2.43. The molecule has 0 aromatic heterocycles. The second-order valence-electron chi connectivity index (χ2n) is 5.45. The molecule has 1 saturated carbocycles. The van der Waals surface area contributed by atoms with Gasteiger partial charge in [-0.25, -0.2) is 13.1 Å². The first-order chi connectivity index (χ1) is 8.92. The molecule has 0 heterocycles. The van der Waals surface area contributed by atoms with Crippen LogP contribution < -0.4 is 10.5 Å². The zero-order valence-electron chi connectivity index (χ0n) is 11.5. The highest BCUT2D eigenvalue weighted by molar-refractivity contribution is 7.89. The Hall–Kier alpha value is -1.07. The number of aryl methyl sites for hydroxylation is 1. The van der Waals surface area contributed by atoms with Crippen LogP contribution >= 0.6 is 0 Å². The van der Waals surface area contributed by atoms with Crippen molar-refractivity contribution in [3.63, 3.8) is 0 Å². The van der Waals surface area contributed by atoms with Crippen LogP contribution in [0.4, 0.5) is 5.69 Å². The van der Waals surface area contributed by atoms with Crippen LogP contribution in [0.3, 0.4) is 0 Å². The van der Waals surface area contributed by atoms with Crippen molar-refractivity contribution in [1.29, 1.82) is 0 Å². The summed E-state index contributed by atoms with van der Waals surface area (Å²) in [5.41, 5.74) is 6.81. The van der Waals surface area contributed by atoms with E-state index in [4.69, 9.17) is 5.73 Å². The van der Waals surface area contributed by atoms with Crippen LogP contribution in [0.5, 0.6) is 0 Å². The third kappa shape index (κ3) is 3.09. The summed E-state index contributed by atoms with van der Waals surface area (Å²) in [5, 5.41) is 0. The topological polar surface area (TPSA) is 72.2 Å². The lowest BCUT2D eigenvalue weighted by molar-refractivity contribution is 0.424. The summed E-state index contributed by atoms with van der Waals surface area (Å²) in [4.78, 5) is 0.222. The van der Waals surface area contributed by atoms with Gasteiger partial charge in [-0.15, -0.1) is 0 Å². The number of benzene rings is 1. The Morgan fingerprint density at radius 1 is 1.32 bits per heavy atom. The minimum atomic E-state index is -3.53. The van der Waals surface area contributed by atoms with E-state index in [9.17, 15) is 8.42 Å². The SMILES string of the molecule is Cc1cccc(N)c1S(=O)(=O)NC(C)C1CCCC1. The van der Waals surface area contributed by atoms with Gasteiger partial charge in [0.05, 0.1) is 5.69 Å². The van der Waals surface area contributed by atoms with Crippen molar-refractivity contribution in [2.45, 2.75) is 50.5 Å². The highest BCUT2D eigenvalue weighted by Gasteiger charge is 2.27. The molecule has 1 fully saturated rings. The van der Waals surface area contributed by atoms with E-state index in [1.807, 2.05) is 6.92 Å². The molecule has 1 unspecified atom stereocenters. The maximum atomic E-state index is 12.4. The molecule has 4 nitrogen and oxygen atoms in total. The van der Waals surface area contributed by atoms with Crippen LogP contribution in [0.15, 0.2) is 23.1 Å². The van der Waals surface area contributed by atoms with Crippen LogP contribution in [-0.4, -0.2) is 14.5 Å². The Balaban J connectivity index is 2.22. The Morgan fingerprint density at radius 2 is 1.95 bits per heavy atom. The summed E-state index contributed by atoms with van der Waals surface area (Å²) in [6.45, 7) is 3.72. The van der Waals surface area contributed by atoms with E-state index >= 15 is 0 Å². The second kappa shape index (κ2) is 5.51. The summed E-state index contributed by atoms with van der Waals surface area (Å²) >= 11 is 0. The number of sulfonamides is 1. The standard InChI is InChI=1S/C14H22N2O2S/c1-10-6-5-9-13(15)14(10)19(17,18)16-11(2)12-7-3-4-8-12/h5-6,9,11-12,16H,3-4,7-8,15H2,1-2H3. The molecule has 1 aliphatic carbocycles. The van der Waals surface area contributed by atoms with Crippen molar-refractivity contribution >= 4 is 15.7 Å². The van der Waals surface area contributed by atoms with Crippen LogP contribution in [0.25, 0.3) is 0 Å². The number of rotatable bonds is 4. The van der Waals surface area contributed by atoms with Gasteiger partial charge in [-0.3, -0.25) is 0 Å². The van der Waals surface area contributed by atoms with Crippen LogP contribution in [0.1, 0.15) is 38.2 Å². The van der Waals surface area contributed by atoms with E-state index in [-0.39, 0.29) is 10.9 Å². The summed E-state index contributed by atoms with van der Waals surface area (Å²) in [7, 11) is -3.53. The van der Waals surface area contributed by atoms with Crippen LogP contribution in [0, 0.1) is 12.8 Å². The zero-order chi connectivity index (χ0) is 14.0. The van der Waals surface area contributed by atoms with E-state index in [2.05, 4.69) is 4.72 Å². The molecule has 0 spiro atoms. The van der Waals surface area contributed by atoms with E-state index in [1.54, 1.807) is 25.1 Å². The number of nitrogens with one attached hydrogen (secondary N) is 1. The van der Waals surface area contributed by atoms with Gasteiger partial charge in [0.15, 0.2) is 0 Å². The first-order valence-electron chi connectivity index (χ1n) is 6.79. The van der Waals surface area contributed by atoms with Gasteiger partial charge in [0, 0.05) is 6.04 Å². The molecular formula is C14H22N2O2S. The molecule has 1 aromatic carbocycles. The van der Waals surface area contributed by atoms with Gasteiger partial charge >= 0.3 is 0 Å². The molecule has 0 amide bonds. The molecule has 19 heavy (non-hydrogen) atoms. The summed E-state index contributed by atoms with van der Waals surface area (Å²) in [6, 6.07) is 5.13. The molecule has 0 aliphatic heterocycles. The normalized spacial score (nSPS) is 18.6. The summed E-state index contributed by atoms with van der Waals surface area (Å²) in [6.07, 6.45) is 4.60. The van der Waals surface area contributed by atoms with Crippen molar-refractivity contribution < 1.29 is 8.42 Å². The van der Waals surface area contributed by atoms with Gasteiger partial charge in [-0.05, 0) is 44.2 Å². The molecule has 0 radical (unpaired) electrons. The molecule has 106 valence electrons. The third-order valence-electron chi connectivity index (χ3n) is 3.96. The first kappa shape index (κ1) is 14.3. The smallest absolute Gasteiger partial charge is 0.243 e. The van der Waals surface area contributed by atoms with E-state index in [1.165, 1.54) is 12.8 Å². The maximum Gasteiger partial charge on any atom is 0.243 e. The monoisotopic (exact) mass is 282 g/mol. The minimum Gasteiger partial charge on any atom is -0.398 e. The van der Waals surface area contributed by atoms with Crippen molar-refractivity contribution in [3.8, 4) is 0 Å². The van der Waals surface area contributed by atoms with Gasteiger partial charge in [0.25, 0.3) is 0 Å². The third-order valence-corrected chi connectivity index (χ3v) is 5.74. The number of anilines is 1. The maximum absolute atomic E-state index is 12.4. The van der Waals surface area contributed by atoms with Crippen molar-refractivity contribution in [1.82, 2.24) is 4.72 Å². The van der Waals surface area contributed by atoms with Crippen LogP contribution in [0.2, 0.25) is 0 Å². The zero-order valence-corrected chi connectivity index (χ0v) is 12.3. The van der Waals surface area contributed by atoms with Gasteiger partial charge in [-0.1, -0.05) is 25.0 Å².